The third-order valence-electron chi connectivity index (χ3n) is 6.36. The van der Waals surface area contributed by atoms with Crippen molar-refractivity contribution in [2.45, 2.75) is 51.1 Å². The van der Waals surface area contributed by atoms with Gasteiger partial charge in [0.2, 0.25) is 11.8 Å². The quantitative estimate of drug-likeness (QED) is 0.408. The molecule has 196 valence electrons. The molecule has 37 heavy (non-hydrogen) atoms. The van der Waals surface area contributed by atoms with Gasteiger partial charge in [-0.1, -0.05) is 80.1 Å². The molecule has 3 rings (SSSR count). The molecule has 3 aromatic carbocycles. The lowest BCUT2D eigenvalue weighted by molar-refractivity contribution is -0.140. The standard InChI is InChI=1S/C29H35N3O4S/c1-5-24-12-10-11-15-27(24)32(37(35,36)25-13-8-7-9-14-25)21-28(33)31(26(6-2)29(34)30-4)20-23-18-16-22(3)17-19-23/h7-19,26H,5-6,20-21H2,1-4H3,(H,30,34). The van der Waals surface area contributed by atoms with E-state index in [4.69, 9.17) is 0 Å². The first-order valence-electron chi connectivity index (χ1n) is 12.4. The van der Waals surface area contributed by atoms with Crippen molar-refractivity contribution in [3.05, 3.63) is 95.6 Å². The predicted molar refractivity (Wildman–Crippen MR) is 147 cm³/mol. The second kappa shape index (κ2) is 12.5. The van der Waals surface area contributed by atoms with E-state index in [1.54, 1.807) is 30.3 Å². The normalized spacial score (nSPS) is 12.0. The number of hydrogen-bond acceptors (Lipinski definition) is 4. The lowest BCUT2D eigenvalue weighted by Gasteiger charge is -2.33. The Bertz CT molecular complexity index is 1310. The summed E-state index contributed by atoms with van der Waals surface area (Å²) in [5.74, 6) is -0.754. The maximum absolute atomic E-state index is 13.9. The molecule has 0 bridgehead atoms. The zero-order valence-electron chi connectivity index (χ0n) is 21.8. The highest BCUT2D eigenvalue weighted by atomic mass is 32.2. The molecule has 0 aliphatic carbocycles. The topological polar surface area (TPSA) is 86.8 Å². The van der Waals surface area contributed by atoms with Crippen molar-refractivity contribution in [3.8, 4) is 0 Å². The summed E-state index contributed by atoms with van der Waals surface area (Å²) >= 11 is 0. The first-order chi connectivity index (χ1) is 17.7. The van der Waals surface area contributed by atoms with E-state index in [0.29, 0.717) is 18.5 Å². The van der Waals surface area contributed by atoms with Crippen LogP contribution < -0.4 is 9.62 Å². The van der Waals surface area contributed by atoms with Gasteiger partial charge in [-0.3, -0.25) is 13.9 Å². The fraction of sp³-hybridized carbons (Fsp3) is 0.310. The molecule has 0 saturated heterocycles. The van der Waals surface area contributed by atoms with Crippen LogP contribution in [0, 0.1) is 6.92 Å². The van der Waals surface area contributed by atoms with Gasteiger partial charge in [-0.25, -0.2) is 8.42 Å². The lowest BCUT2D eigenvalue weighted by Crippen LogP contribution is -2.51. The molecule has 0 radical (unpaired) electrons. The zero-order valence-corrected chi connectivity index (χ0v) is 22.7. The minimum atomic E-state index is -4.07. The average Bonchev–Trinajstić information content (AvgIpc) is 2.92. The fourth-order valence-corrected chi connectivity index (χ4v) is 5.74. The van der Waals surface area contributed by atoms with Gasteiger partial charge in [0, 0.05) is 13.6 Å². The maximum Gasteiger partial charge on any atom is 0.264 e. The third-order valence-corrected chi connectivity index (χ3v) is 8.13. The number of sulfonamides is 1. The van der Waals surface area contributed by atoms with Gasteiger partial charge in [-0.05, 0) is 49.1 Å². The first-order valence-corrected chi connectivity index (χ1v) is 13.9. The Morgan fingerprint density at radius 1 is 0.892 bits per heavy atom. The molecule has 8 heteroatoms. The number of likely N-dealkylation sites (N-methyl/N-ethyl adjacent to an activating group) is 1. The van der Waals surface area contributed by atoms with Gasteiger partial charge >= 0.3 is 0 Å². The highest BCUT2D eigenvalue weighted by Crippen LogP contribution is 2.28. The van der Waals surface area contributed by atoms with Crippen molar-refractivity contribution in [1.29, 1.82) is 0 Å². The van der Waals surface area contributed by atoms with E-state index >= 15 is 0 Å². The maximum atomic E-state index is 13.9. The number of para-hydroxylation sites is 1. The molecule has 1 unspecified atom stereocenters. The Morgan fingerprint density at radius 2 is 1.51 bits per heavy atom. The van der Waals surface area contributed by atoms with E-state index in [9.17, 15) is 18.0 Å². The van der Waals surface area contributed by atoms with Crippen molar-refractivity contribution in [1.82, 2.24) is 10.2 Å². The van der Waals surface area contributed by atoms with Crippen LogP contribution in [0.15, 0.2) is 83.8 Å². The summed E-state index contributed by atoms with van der Waals surface area (Å²) in [5, 5.41) is 2.64. The summed E-state index contributed by atoms with van der Waals surface area (Å²) in [4.78, 5) is 28.3. The van der Waals surface area contributed by atoms with Gasteiger partial charge in [-0.15, -0.1) is 0 Å². The largest absolute Gasteiger partial charge is 0.357 e. The molecule has 7 nitrogen and oxygen atoms in total. The minimum Gasteiger partial charge on any atom is -0.357 e. The van der Waals surface area contributed by atoms with Crippen molar-refractivity contribution in [2.24, 2.45) is 0 Å². The van der Waals surface area contributed by atoms with Gasteiger partial charge in [0.1, 0.15) is 12.6 Å². The molecule has 2 amide bonds. The molecule has 0 heterocycles. The number of amides is 2. The summed E-state index contributed by atoms with van der Waals surface area (Å²) < 4.78 is 28.9. The van der Waals surface area contributed by atoms with Gasteiger partial charge in [0.25, 0.3) is 10.0 Å². The number of anilines is 1. The average molecular weight is 522 g/mol. The van der Waals surface area contributed by atoms with Crippen molar-refractivity contribution in [3.63, 3.8) is 0 Å². The highest BCUT2D eigenvalue weighted by molar-refractivity contribution is 7.92. The molecule has 0 spiro atoms. The molecule has 0 fully saturated rings. The van der Waals surface area contributed by atoms with Gasteiger partial charge < -0.3 is 10.2 Å². The molecule has 1 atom stereocenters. The first kappa shape index (κ1) is 27.9. The molecular formula is C29H35N3O4S. The summed E-state index contributed by atoms with van der Waals surface area (Å²) in [6, 6.07) is 22.2. The highest BCUT2D eigenvalue weighted by Gasteiger charge is 2.33. The van der Waals surface area contributed by atoms with E-state index in [0.717, 1.165) is 16.7 Å². The summed E-state index contributed by atoms with van der Waals surface area (Å²) in [6.07, 6.45) is 0.975. The Morgan fingerprint density at radius 3 is 2.11 bits per heavy atom. The number of benzene rings is 3. The molecular weight excluding hydrogens is 486 g/mol. The lowest BCUT2D eigenvalue weighted by atomic mass is 10.1. The number of nitrogens with zero attached hydrogens (tertiary/aromatic N) is 2. The Balaban J connectivity index is 2.08. The second-order valence-electron chi connectivity index (χ2n) is 8.85. The van der Waals surface area contributed by atoms with Gasteiger partial charge in [-0.2, -0.15) is 0 Å². The molecule has 0 aromatic heterocycles. The van der Waals surface area contributed by atoms with E-state index < -0.39 is 28.5 Å². The number of hydrogen-bond donors (Lipinski definition) is 1. The van der Waals surface area contributed by atoms with Gasteiger partial charge in [0.05, 0.1) is 10.6 Å². The van der Waals surface area contributed by atoms with Crippen LogP contribution in [0.4, 0.5) is 5.69 Å². The van der Waals surface area contributed by atoms with Crippen molar-refractivity contribution < 1.29 is 18.0 Å². The smallest absolute Gasteiger partial charge is 0.264 e. The monoisotopic (exact) mass is 521 g/mol. The van der Waals surface area contributed by atoms with Crippen LogP contribution in [0.5, 0.6) is 0 Å². The van der Waals surface area contributed by atoms with Crippen LogP contribution in [0.3, 0.4) is 0 Å². The van der Waals surface area contributed by atoms with E-state index in [1.807, 2.05) is 57.2 Å². The van der Waals surface area contributed by atoms with Crippen LogP contribution in [0.2, 0.25) is 0 Å². The van der Waals surface area contributed by atoms with E-state index in [1.165, 1.54) is 28.4 Å². The van der Waals surface area contributed by atoms with Crippen molar-refractivity contribution >= 4 is 27.5 Å². The van der Waals surface area contributed by atoms with E-state index in [-0.39, 0.29) is 17.3 Å². The number of aryl methyl sites for hydroxylation is 2. The Hall–Kier alpha value is -3.65. The van der Waals surface area contributed by atoms with Crippen LogP contribution >= 0.6 is 0 Å². The summed E-state index contributed by atoms with van der Waals surface area (Å²) in [5.41, 5.74) is 3.19. The predicted octanol–water partition coefficient (Wildman–Crippen LogP) is 4.31. The Labute approximate surface area is 220 Å². The molecule has 1 N–H and O–H groups in total. The van der Waals surface area contributed by atoms with Crippen LogP contribution in [0.1, 0.15) is 37.0 Å². The Kier molecular flexibility index (Phi) is 9.47. The summed E-state index contributed by atoms with van der Waals surface area (Å²) in [7, 11) is -2.54. The van der Waals surface area contributed by atoms with Crippen molar-refractivity contribution in [2.75, 3.05) is 17.9 Å². The fourth-order valence-electron chi connectivity index (χ4n) is 4.26. The number of rotatable bonds is 11. The molecule has 0 aliphatic heterocycles. The number of carbonyl (C=O) groups is 2. The molecule has 3 aromatic rings. The van der Waals surface area contributed by atoms with Crippen LogP contribution in [-0.2, 0) is 32.6 Å². The summed E-state index contributed by atoms with van der Waals surface area (Å²) in [6.45, 7) is 5.49. The van der Waals surface area contributed by atoms with Crippen LogP contribution in [-0.4, -0.2) is 44.8 Å². The minimum absolute atomic E-state index is 0.0946. The number of carbonyl (C=O) groups excluding carboxylic acids is 2. The van der Waals surface area contributed by atoms with Crippen LogP contribution in [0.25, 0.3) is 0 Å². The second-order valence-corrected chi connectivity index (χ2v) is 10.7. The zero-order chi connectivity index (χ0) is 27.0. The SMILES string of the molecule is CCc1ccccc1N(CC(=O)N(Cc1ccc(C)cc1)C(CC)C(=O)NC)S(=O)(=O)c1ccccc1. The molecule has 0 aliphatic rings. The third kappa shape index (κ3) is 6.57. The van der Waals surface area contributed by atoms with E-state index in [2.05, 4.69) is 5.32 Å². The molecule has 0 saturated carbocycles. The number of nitrogens with one attached hydrogen (secondary N) is 1. The van der Waals surface area contributed by atoms with Gasteiger partial charge in [0.15, 0.2) is 0 Å².